The average molecular weight is 401 g/mol. The van der Waals surface area contributed by atoms with Gasteiger partial charge in [0.05, 0.1) is 12.1 Å². The third-order valence-corrected chi connectivity index (χ3v) is 4.74. The third kappa shape index (κ3) is 7.90. The van der Waals surface area contributed by atoms with Crippen molar-refractivity contribution in [2.75, 3.05) is 13.1 Å². The third-order valence-electron chi connectivity index (χ3n) is 4.74. The molecule has 1 aliphatic rings. The zero-order valence-corrected chi connectivity index (χ0v) is 16.4. The highest BCUT2D eigenvalue weighted by molar-refractivity contribution is 5.91. The van der Waals surface area contributed by atoms with Crippen molar-refractivity contribution in [3.05, 3.63) is 35.9 Å². The molecule has 1 aromatic carbocycles. The fourth-order valence-electron chi connectivity index (χ4n) is 3.20. The SMILES string of the molecule is N=C(N)NCCC[C@@H]([C]=O)NC(=O)[C@H](Cc1ccccc1)NC(=O)C1CCCN1. The van der Waals surface area contributed by atoms with E-state index in [1.807, 2.05) is 36.6 Å². The van der Waals surface area contributed by atoms with Crippen molar-refractivity contribution >= 4 is 24.1 Å². The molecular weight excluding hydrogens is 372 g/mol. The van der Waals surface area contributed by atoms with Crippen LogP contribution >= 0.6 is 0 Å². The molecule has 157 valence electrons. The van der Waals surface area contributed by atoms with Crippen LogP contribution in [0.4, 0.5) is 0 Å². The smallest absolute Gasteiger partial charge is 0.243 e. The minimum Gasteiger partial charge on any atom is -0.370 e. The van der Waals surface area contributed by atoms with Crippen molar-refractivity contribution in [3.8, 4) is 0 Å². The van der Waals surface area contributed by atoms with Gasteiger partial charge in [-0.1, -0.05) is 30.3 Å². The number of carbonyl (C=O) groups excluding carboxylic acids is 3. The Labute approximate surface area is 170 Å². The second kappa shape index (κ2) is 11.8. The highest BCUT2D eigenvalue weighted by Crippen LogP contribution is 2.08. The van der Waals surface area contributed by atoms with Crippen LogP contribution in [-0.2, 0) is 20.8 Å². The lowest BCUT2D eigenvalue weighted by molar-refractivity contribution is -0.130. The highest BCUT2D eigenvalue weighted by atomic mass is 16.2. The molecule has 0 aliphatic carbocycles. The number of benzene rings is 1. The summed E-state index contributed by atoms with van der Waals surface area (Å²) < 4.78 is 0. The molecule has 1 aliphatic heterocycles. The molecule has 2 rings (SSSR count). The summed E-state index contributed by atoms with van der Waals surface area (Å²) in [5.74, 6) is -0.782. The predicted octanol–water partition coefficient (Wildman–Crippen LogP) is -0.676. The summed E-state index contributed by atoms with van der Waals surface area (Å²) >= 11 is 0. The van der Waals surface area contributed by atoms with Gasteiger partial charge < -0.3 is 27.0 Å². The summed E-state index contributed by atoms with van der Waals surface area (Å²) in [5.41, 5.74) is 6.12. The first-order chi connectivity index (χ1) is 14.0. The van der Waals surface area contributed by atoms with Crippen LogP contribution in [0, 0.1) is 5.41 Å². The Kier molecular flexibility index (Phi) is 9.10. The Hall–Kier alpha value is -2.94. The summed E-state index contributed by atoms with van der Waals surface area (Å²) in [4.78, 5) is 36.6. The standard InChI is InChI=1S/C20H29N6O3/c21-20(22)24-11-4-8-15(13-27)25-19(29)17(12-14-6-2-1-3-7-14)26-18(28)16-9-5-10-23-16/h1-3,6-7,15-17,23H,4-5,8-12H2,(H,25,29)(H,26,28)(H4,21,22,24)/t15-,16?,17-/m0/s1. The van der Waals surface area contributed by atoms with Crippen LogP contribution in [0.2, 0.25) is 0 Å². The highest BCUT2D eigenvalue weighted by Gasteiger charge is 2.28. The van der Waals surface area contributed by atoms with Gasteiger partial charge in [0, 0.05) is 13.0 Å². The van der Waals surface area contributed by atoms with E-state index in [4.69, 9.17) is 11.1 Å². The number of carbonyl (C=O) groups is 2. The Morgan fingerprint density at radius 1 is 1.28 bits per heavy atom. The van der Waals surface area contributed by atoms with Crippen molar-refractivity contribution in [1.29, 1.82) is 5.41 Å². The van der Waals surface area contributed by atoms with Gasteiger partial charge in [-0.15, -0.1) is 0 Å². The molecule has 1 heterocycles. The molecule has 2 amide bonds. The first kappa shape index (κ1) is 22.4. The maximum atomic E-state index is 12.8. The lowest BCUT2D eigenvalue weighted by atomic mass is 10.0. The lowest BCUT2D eigenvalue weighted by Crippen LogP contribution is -2.54. The molecule has 0 aromatic heterocycles. The molecule has 1 saturated heterocycles. The van der Waals surface area contributed by atoms with E-state index in [9.17, 15) is 14.4 Å². The number of nitrogens with two attached hydrogens (primary N) is 1. The van der Waals surface area contributed by atoms with Crippen LogP contribution in [0.25, 0.3) is 0 Å². The van der Waals surface area contributed by atoms with Gasteiger partial charge in [0.15, 0.2) is 5.96 Å². The Balaban J connectivity index is 1.97. The number of nitrogens with one attached hydrogen (secondary N) is 5. The van der Waals surface area contributed by atoms with E-state index in [0.29, 0.717) is 25.8 Å². The lowest BCUT2D eigenvalue weighted by Gasteiger charge is -2.22. The first-order valence-corrected chi connectivity index (χ1v) is 9.83. The number of rotatable bonds is 11. The fraction of sp³-hybridized carbons (Fsp3) is 0.500. The Bertz CT molecular complexity index is 691. The zero-order chi connectivity index (χ0) is 21.1. The van der Waals surface area contributed by atoms with Crippen LogP contribution in [0.1, 0.15) is 31.2 Å². The summed E-state index contributed by atoms with van der Waals surface area (Å²) in [6.45, 7) is 1.20. The second-order valence-corrected chi connectivity index (χ2v) is 7.06. The molecule has 1 fully saturated rings. The van der Waals surface area contributed by atoms with E-state index in [0.717, 1.165) is 24.9 Å². The van der Waals surface area contributed by atoms with Gasteiger partial charge >= 0.3 is 0 Å². The van der Waals surface area contributed by atoms with Crippen molar-refractivity contribution in [3.63, 3.8) is 0 Å². The van der Waals surface area contributed by atoms with Gasteiger partial charge in [0.1, 0.15) is 6.04 Å². The van der Waals surface area contributed by atoms with E-state index < -0.39 is 18.0 Å². The Morgan fingerprint density at radius 3 is 2.66 bits per heavy atom. The zero-order valence-electron chi connectivity index (χ0n) is 16.4. The normalized spacial score (nSPS) is 17.7. The number of guanidine groups is 1. The van der Waals surface area contributed by atoms with Gasteiger partial charge in [-0.3, -0.25) is 19.8 Å². The van der Waals surface area contributed by atoms with Crippen LogP contribution in [0.15, 0.2) is 30.3 Å². The van der Waals surface area contributed by atoms with Crippen LogP contribution in [0.5, 0.6) is 0 Å². The molecule has 1 aromatic rings. The molecule has 3 atom stereocenters. The van der Waals surface area contributed by atoms with Gasteiger partial charge in [-0.05, 0) is 37.8 Å². The van der Waals surface area contributed by atoms with Crippen molar-refractivity contribution in [2.24, 2.45) is 5.73 Å². The molecule has 0 bridgehead atoms. The average Bonchev–Trinajstić information content (AvgIpc) is 3.25. The van der Waals surface area contributed by atoms with E-state index in [2.05, 4.69) is 21.3 Å². The topological polar surface area (TPSA) is 149 Å². The van der Waals surface area contributed by atoms with Gasteiger partial charge in [0.2, 0.25) is 18.1 Å². The molecule has 0 saturated carbocycles. The number of hydrogen-bond acceptors (Lipinski definition) is 5. The van der Waals surface area contributed by atoms with Crippen molar-refractivity contribution in [1.82, 2.24) is 21.3 Å². The summed E-state index contributed by atoms with van der Waals surface area (Å²) in [6, 6.07) is 7.50. The molecule has 7 N–H and O–H groups in total. The number of amides is 2. The molecule has 1 unspecified atom stereocenters. The summed E-state index contributed by atoms with van der Waals surface area (Å²) in [7, 11) is 0. The van der Waals surface area contributed by atoms with Gasteiger partial charge in [-0.2, -0.15) is 0 Å². The molecule has 1 radical (unpaired) electrons. The fourth-order valence-corrected chi connectivity index (χ4v) is 3.20. The monoisotopic (exact) mass is 401 g/mol. The van der Waals surface area contributed by atoms with E-state index >= 15 is 0 Å². The van der Waals surface area contributed by atoms with Crippen molar-refractivity contribution < 1.29 is 14.4 Å². The van der Waals surface area contributed by atoms with Crippen LogP contribution in [-0.4, -0.2) is 55.3 Å². The van der Waals surface area contributed by atoms with E-state index in [1.165, 1.54) is 0 Å². The first-order valence-electron chi connectivity index (χ1n) is 9.83. The van der Waals surface area contributed by atoms with E-state index in [-0.39, 0.29) is 17.9 Å². The summed E-state index contributed by atoms with van der Waals surface area (Å²) in [6.07, 6.45) is 4.69. The molecule has 9 heteroatoms. The van der Waals surface area contributed by atoms with Gasteiger partial charge in [0.25, 0.3) is 0 Å². The van der Waals surface area contributed by atoms with Crippen molar-refractivity contribution in [2.45, 2.75) is 50.2 Å². The molecule has 29 heavy (non-hydrogen) atoms. The largest absolute Gasteiger partial charge is 0.370 e. The minimum atomic E-state index is -0.795. The maximum absolute atomic E-state index is 12.8. The molecule has 0 spiro atoms. The predicted molar refractivity (Wildman–Crippen MR) is 110 cm³/mol. The van der Waals surface area contributed by atoms with Crippen LogP contribution < -0.4 is 27.0 Å². The second-order valence-electron chi connectivity index (χ2n) is 7.06. The van der Waals surface area contributed by atoms with E-state index in [1.54, 1.807) is 0 Å². The summed E-state index contributed by atoms with van der Waals surface area (Å²) in [5, 5.41) is 18.4. The maximum Gasteiger partial charge on any atom is 0.243 e. The Morgan fingerprint density at radius 2 is 2.03 bits per heavy atom. The number of hydrogen-bond donors (Lipinski definition) is 6. The minimum absolute atomic E-state index is 0.146. The van der Waals surface area contributed by atoms with Crippen LogP contribution in [0.3, 0.4) is 0 Å². The van der Waals surface area contributed by atoms with Gasteiger partial charge in [-0.25, -0.2) is 0 Å². The molecule has 9 nitrogen and oxygen atoms in total. The quantitative estimate of drug-likeness (QED) is 0.164. The molecular formula is C20H29N6O3.